The van der Waals surface area contributed by atoms with Gasteiger partial charge >= 0.3 is 0 Å². The molecule has 2 saturated heterocycles. The van der Waals surface area contributed by atoms with E-state index in [1.54, 1.807) is 0 Å². The van der Waals surface area contributed by atoms with E-state index >= 15 is 0 Å². The van der Waals surface area contributed by atoms with Crippen molar-refractivity contribution >= 4 is 5.96 Å². The van der Waals surface area contributed by atoms with E-state index in [0.29, 0.717) is 0 Å². The molecule has 1 unspecified atom stereocenters. The molecule has 0 spiro atoms. The lowest BCUT2D eigenvalue weighted by molar-refractivity contribution is 0.210. The van der Waals surface area contributed by atoms with Gasteiger partial charge in [0.25, 0.3) is 0 Å². The summed E-state index contributed by atoms with van der Waals surface area (Å²) in [6.07, 6.45) is 6.72. The smallest absolute Gasteiger partial charge is 0.191 e. The minimum absolute atomic E-state index is 0.719. The summed E-state index contributed by atoms with van der Waals surface area (Å²) in [5, 5.41) is 6.94. The average Bonchev–Trinajstić information content (AvgIpc) is 2.72. The molecule has 1 aromatic carbocycles. The molecule has 3 rings (SSSR count). The molecule has 0 radical (unpaired) electrons. The van der Waals surface area contributed by atoms with Crippen LogP contribution < -0.4 is 10.6 Å². The highest BCUT2D eigenvalue weighted by Crippen LogP contribution is 2.15. The molecule has 5 nitrogen and oxygen atoms in total. The van der Waals surface area contributed by atoms with Gasteiger partial charge in [-0.05, 0) is 76.3 Å². The van der Waals surface area contributed by atoms with Crippen LogP contribution in [0.1, 0.15) is 50.2 Å². The number of piperidine rings is 2. The van der Waals surface area contributed by atoms with Crippen molar-refractivity contribution in [1.82, 2.24) is 20.4 Å². The molecule has 2 aliphatic heterocycles. The molecule has 0 aromatic heterocycles. The lowest BCUT2D eigenvalue weighted by Crippen LogP contribution is -2.43. The molecule has 1 aromatic rings. The first kappa shape index (κ1) is 21.1. The molecule has 156 valence electrons. The molecular weight excluding hydrogens is 346 g/mol. The zero-order valence-corrected chi connectivity index (χ0v) is 17.9. The molecule has 0 amide bonds. The molecule has 1 atom stereocenters. The monoisotopic (exact) mass is 385 g/mol. The van der Waals surface area contributed by atoms with Gasteiger partial charge in [-0.15, -0.1) is 0 Å². The number of benzene rings is 1. The van der Waals surface area contributed by atoms with Crippen LogP contribution in [-0.2, 0) is 13.1 Å². The Labute approximate surface area is 171 Å². The first-order valence-corrected chi connectivity index (χ1v) is 11.2. The minimum atomic E-state index is 0.719. The van der Waals surface area contributed by atoms with E-state index in [1.165, 1.54) is 69.4 Å². The molecule has 0 saturated carbocycles. The second kappa shape index (κ2) is 11.4. The van der Waals surface area contributed by atoms with Gasteiger partial charge < -0.3 is 15.5 Å². The van der Waals surface area contributed by atoms with Crippen molar-refractivity contribution in [2.75, 3.05) is 46.3 Å². The van der Waals surface area contributed by atoms with Crippen molar-refractivity contribution in [2.45, 2.75) is 52.1 Å². The SMILES string of the molecule is CCNC(=NCc1ccc(CN2CCCCC2)cc1)NCC1CCCN(C)C1. The van der Waals surface area contributed by atoms with Gasteiger partial charge in [-0.2, -0.15) is 0 Å². The standard InChI is InChI=1S/C23H39N5/c1-3-24-23(26-17-22-8-7-13-27(2)18-22)25-16-20-9-11-21(12-10-20)19-28-14-5-4-6-15-28/h9-12,22H,3-8,13-19H2,1-2H3,(H2,24,25,26). The summed E-state index contributed by atoms with van der Waals surface area (Å²) in [7, 11) is 2.22. The van der Waals surface area contributed by atoms with E-state index in [9.17, 15) is 0 Å². The van der Waals surface area contributed by atoms with Crippen molar-refractivity contribution in [3.63, 3.8) is 0 Å². The van der Waals surface area contributed by atoms with Crippen molar-refractivity contribution < 1.29 is 0 Å². The van der Waals surface area contributed by atoms with Crippen LogP contribution in [0, 0.1) is 5.92 Å². The number of aliphatic imine (C=N–C) groups is 1. The van der Waals surface area contributed by atoms with Crippen LogP contribution in [-0.4, -0.2) is 62.1 Å². The number of hydrogen-bond acceptors (Lipinski definition) is 3. The highest BCUT2D eigenvalue weighted by molar-refractivity contribution is 5.79. The van der Waals surface area contributed by atoms with Gasteiger partial charge in [0.05, 0.1) is 6.54 Å². The first-order chi connectivity index (χ1) is 13.7. The number of likely N-dealkylation sites (tertiary alicyclic amines) is 2. The maximum Gasteiger partial charge on any atom is 0.191 e. The Bertz CT molecular complexity index is 592. The van der Waals surface area contributed by atoms with Crippen LogP contribution in [0.15, 0.2) is 29.3 Å². The topological polar surface area (TPSA) is 42.9 Å². The van der Waals surface area contributed by atoms with Gasteiger partial charge in [-0.25, -0.2) is 4.99 Å². The van der Waals surface area contributed by atoms with Crippen LogP contribution in [0.4, 0.5) is 0 Å². The van der Waals surface area contributed by atoms with Gasteiger partial charge in [-0.1, -0.05) is 30.7 Å². The summed E-state index contributed by atoms with van der Waals surface area (Å²) >= 11 is 0. The highest BCUT2D eigenvalue weighted by Gasteiger charge is 2.17. The predicted octanol–water partition coefficient (Wildman–Crippen LogP) is 3.07. The summed E-state index contributed by atoms with van der Waals surface area (Å²) in [4.78, 5) is 9.81. The van der Waals surface area contributed by atoms with Gasteiger partial charge in [0.2, 0.25) is 0 Å². The summed E-state index contributed by atoms with van der Waals surface area (Å²) in [5.41, 5.74) is 2.69. The Kier molecular flexibility index (Phi) is 8.62. The molecule has 2 aliphatic rings. The number of guanidine groups is 1. The maximum absolute atomic E-state index is 4.80. The second-order valence-corrected chi connectivity index (χ2v) is 8.50. The van der Waals surface area contributed by atoms with Gasteiger partial charge in [0.1, 0.15) is 0 Å². The number of nitrogens with one attached hydrogen (secondary N) is 2. The summed E-state index contributed by atoms with van der Waals surface area (Å²) in [6, 6.07) is 9.03. The number of hydrogen-bond donors (Lipinski definition) is 2. The van der Waals surface area contributed by atoms with Crippen molar-refractivity contribution in [3.8, 4) is 0 Å². The molecular formula is C23H39N5. The normalized spacial score (nSPS) is 22.2. The average molecular weight is 386 g/mol. The van der Waals surface area contributed by atoms with Crippen LogP contribution in [0.25, 0.3) is 0 Å². The van der Waals surface area contributed by atoms with Crippen molar-refractivity contribution in [3.05, 3.63) is 35.4 Å². The molecule has 28 heavy (non-hydrogen) atoms. The predicted molar refractivity (Wildman–Crippen MR) is 119 cm³/mol. The van der Waals surface area contributed by atoms with Crippen LogP contribution in [0.5, 0.6) is 0 Å². The molecule has 0 bridgehead atoms. The van der Waals surface area contributed by atoms with Crippen LogP contribution in [0.2, 0.25) is 0 Å². The van der Waals surface area contributed by atoms with E-state index in [1.807, 2.05) is 0 Å². The minimum Gasteiger partial charge on any atom is -0.357 e. The molecule has 2 heterocycles. The third-order valence-corrected chi connectivity index (χ3v) is 5.92. The third-order valence-electron chi connectivity index (χ3n) is 5.92. The Morgan fingerprint density at radius 2 is 1.75 bits per heavy atom. The fourth-order valence-electron chi connectivity index (χ4n) is 4.32. The Balaban J connectivity index is 1.47. The first-order valence-electron chi connectivity index (χ1n) is 11.2. The van der Waals surface area contributed by atoms with Crippen LogP contribution in [0.3, 0.4) is 0 Å². The second-order valence-electron chi connectivity index (χ2n) is 8.50. The zero-order chi connectivity index (χ0) is 19.6. The van der Waals surface area contributed by atoms with E-state index in [2.05, 4.69) is 58.7 Å². The lowest BCUT2D eigenvalue weighted by Gasteiger charge is -2.30. The third kappa shape index (κ3) is 7.10. The van der Waals surface area contributed by atoms with Gasteiger partial charge in [0, 0.05) is 26.2 Å². The maximum atomic E-state index is 4.80. The highest BCUT2D eigenvalue weighted by atomic mass is 15.2. The summed E-state index contributed by atoms with van der Waals surface area (Å²) in [6.45, 7) is 10.8. The molecule has 0 aliphatic carbocycles. The number of nitrogens with zero attached hydrogens (tertiary/aromatic N) is 3. The quantitative estimate of drug-likeness (QED) is 0.559. The fraction of sp³-hybridized carbons (Fsp3) is 0.696. The van der Waals surface area contributed by atoms with Crippen molar-refractivity contribution in [2.24, 2.45) is 10.9 Å². The fourth-order valence-corrected chi connectivity index (χ4v) is 4.32. The van der Waals surface area contributed by atoms with Crippen LogP contribution >= 0.6 is 0 Å². The lowest BCUT2D eigenvalue weighted by atomic mass is 9.99. The number of rotatable bonds is 7. The van der Waals surface area contributed by atoms with E-state index in [-0.39, 0.29) is 0 Å². The Morgan fingerprint density at radius 3 is 2.46 bits per heavy atom. The summed E-state index contributed by atoms with van der Waals surface area (Å²) < 4.78 is 0. The molecule has 2 N–H and O–H groups in total. The Hall–Kier alpha value is -1.59. The van der Waals surface area contributed by atoms with Crippen molar-refractivity contribution in [1.29, 1.82) is 0 Å². The Morgan fingerprint density at radius 1 is 1.00 bits per heavy atom. The van der Waals surface area contributed by atoms with E-state index in [4.69, 9.17) is 4.99 Å². The van der Waals surface area contributed by atoms with E-state index < -0.39 is 0 Å². The zero-order valence-electron chi connectivity index (χ0n) is 17.9. The van der Waals surface area contributed by atoms with Gasteiger partial charge in [-0.3, -0.25) is 4.90 Å². The molecule has 2 fully saturated rings. The summed E-state index contributed by atoms with van der Waals surface area (Å²) in [5.74, 6) is 1.66. The van der Waals surface area contributed by atoms with Gasteiger partial charge in [0.15, 0.2) is 5.96 Å². The largest absolute Gasteiger partial charge is 0.357 e. The molecule has 5 heteroatoms. The van der Waals surface area contributed by atoms with E-state index in [0.717, 1.165) is 38.1 Å².